The number of benzene rings is 1. The lowest BCUT2D eigenvalue weighted by Gasteiger charge is -2.08. The molecule has 0 bridgehead atoms. The van der Waals surface area contributed by atoms with Gasteiger partial charge in [0, 0.05) is 18.4 Å². The minimum atomic E-state index is -1.16. The number of Topliss-reactive ketones (excluding diaryl/α,β-unsaturated/α-hetero) is 1. The van der Waals surface area contributed by atoms with E-state index in [1.165, 1.54) is 30.7 Å². The first kappa shape index (κ1) is 23.3. The number of aromatic nitrogens is 1. The van der Waals surface area contributed by atoms with E-state index in [4.69, 9.17) is 5.26 Å². The van der Waals surface area contributed by atoms with E-state index >= 15 is 0 Å². The number of rotatable bonds is 5. The van der Waals surface area contributed by atoms with Gasteiger partial charge in [0.25, 0.3) is 11.7 Å². The minimum Gasteiger partial charge on any atom is -0.344 e. The summed E-state index contributed by atoms with van der Waals surface area (Å²) in [6, 6.07) is 5.22. The molecule has 0 aliphatic carbocycles. The third-order valence-corrected chi connectivity index (χ3v) is 4.64. The van der Waals surface area contributed by atoms with Gasteiger partial charge in [-0.2, -0.15) is 10.7 Å². The van der Waals surface area contributed by atoms with Crippen LogP contribution < -0.4 is 10.8 Å². The smallest absolute Gasteiger partial charge is 0.334 e. The Bertz CT molecular complexity index is 1130. The van der Waals surface area contributed by atoms with Gasteiger partial charge in [-0.05, 0) is 37.6 Å². The largest absolute Gasteiger partial charge is 0.344 e. The lowest BCUT2D eigenvalue weighted by Crippen LogP contribution is -2.35. The van der Waals surface area contributed by atoms with Crippen LogP contribution in [0.1, 0.15) is 51.5 Å². The number of hydrogen-bond donors (Lipinski definition) is 2. The fraction of sp³-hybridized carbons (Fsp3) is 0.286. The summed E-state index contributed by atoms with van der Waals surface area (Å²) in [5.74, 6) is -4.69. The average molecular weight is 428 g/mol. The van der Waals surface area contributed by atoms with E-state index in [-0.39, 0.29) is 28.1 Å². The van der Waals surface area contributed by atoms with Crippen molar-refractivity contribution in [1.82, 2.24) is 10.0 Å². The second kappa shape index (κ2) is 9.21. The fourth-order valence-corrected chi connectivity index (χ4v) is 2.88. The van der Waals surface area contributed by atoms with E-state index in [1.807, 2.05) is 5.48 Å². The molecule has 1 heterocycles. The van der Waals surface area contributed by atoms with Crippen molar-refractivity contribution in [1.29, 1.82) is 5.26 Å². The van der Waals surface area contributed by atoms with Crippen LogP contribution in [0.4, 0.5) is 10.1 Å². The molecule has 0 aliphatic heterocycles. The topological polar surface area (TPSA) is 130 Å². The van der Waals surface area contributed by atoms with Crippen LogP contribution >= 0.6 is 0 Å². The van der Waals surface area contributed by atoms with Gasteiger partial charge in [-0.1, -0.05) is 13.8 Å². The van der Waals surface area contributed by atoms with Crippen molar-refractivity contribution in [2.75, 3.05) is 5.32 Å². The number of amides is 2. The van der Waals surface area contributed by atoms with Gasteiger partial charge < -0.3 is 14.7 Å². The van der Waals surface area contributed by atoms with Crippen LogP contribution in [-0.4, -0.2) is 28.1 Å². The molecule has 0 unspecified atom stereocenters. The maximum Gasteiger partial charge on any atom is 0.334 e. The Kier molecular flexibility index (Phi) is 6.92. The number of hydroxylamine groups is 1. The molecule has 2 amide bonds. The fourth-order valence-electron chi connectivity index (χ4n) is 2.88. The highest BCUT2D eigenvalue weighted by Crippen LogP contribution is 2.24. The average Bonchev–Trinajstić information content (AvgIpc) is 2.94. The summed E-state index contributed by atoms with van der Waals surface area (Å²) in [6.45, 7) is 6.20. The number of carbonyl (C=O) groups is 4. The molecule has 2 rings (SSSR count). The molecule has 0 saturated carbocycles. The molecule has 0 fully saturated rings. The summed E-state index contributed by atoms with van der Waals surface area (Å²) in [6.07, 6.45) is 0. The van der Waals surface area contributed by atoms with E-state index in [1.54, 1.807) is 26.8 Å². The normalized spacial score (nSPS) is 10.4. The van der Waals surface area contributed by atoms with Gasteiger partial charge >= 0.3 is 11.9 Å². The Labute approximate surface area is 177 Å². The van der Waals surface area contributed by atoms with Gasteiger partial charge in [0.15, 0.2) is 0 Å². The van der Waals surface area contributed by atoms with Gasteiger partial charge in [0.1, 0.15) is 11.9 Å². The van der Waals surface area contributed by atoms with Crippen LogP contribution in [0.3, 0.4) is 0 Å². The van der Waals surface area contributed by atoms with Gasteiger partial charge in [0.05, 0.1) is 22.7 Å². The predicted molar refractivity (Wildman–Crippen MR) is 107 cm³/mol. The summed E-state index contributed by atoms with van der Waals surface area (Å²) in [5, 5.41) is 11.5. The van der Waals surface area contributed by atoms with E-state index in [0.29, 0.717) is 5.69 Å². The molecule has 31 heavy (non-hydrogen) atoms. The number of anilines is 1. The van der Waals surface area contributed by atoms with Crippen molar-refractivity contribution in [3.05, 3.63) is 52.1 Å². The molecule has 1 aromatic heterocycles. The number of nitrogens with zero attached hydrogens (tertiary/aromatic N) is 2. The first-order valence-corrected chi connectivity index (χ1v) is 9.21. The molecule has 0 aliphatic rings. The molecule has 0 spiro atoms. The monoisotopic (exact) mass is 428 g/mol. The molecule has 0 saturated heterocycles. The van der Waals surface area contributed by atoms with Crippen LogP contribution in [-0.2, 0) is 21.5 Å². The minimum absolute atomic E-state index is 0.0578. The highest BCUT2D eigenvalue weighted by Gasteiger charge is 2.29. The zero-order chi connectivity index (χ0) is 23.5. The second-order valence-electron chi connectivity index (χ2n) is 7.09. The summed E-state index contributed by atoms with van der Waals surface area (Å²) in [4.78, 5) is 53.6. The summed E-state index contributed by atoms with van der Waals surface area (Å²) >= 11 is 0. The van der Waals surface area contributed by atoms with E-state index in [9.17, 15) is 23.6 Å². The highest BCUT2D eigenvalue weighted by atomic mass is 19.1. The highest BCUT2D eigenvalue weighted by molar-refractivity contribution is 6.42. The maximum atomic E-state index is 13.5. The van der Waals surface area contributed by atoms with Crippen molar-refractivity contribution < 1.29 is 28.4 Å². The molecule has 2 N–H and O–H groups in total. The Morgan fingerprint density at radius 1 is 1.19 bits per heavy atom. The van der Waals surface area contributed by atoms with E-state index < -0.39 is 35.3 Å². The van der Waals surface area contributed by atoms with E-state index in [0.717, 1.165) is 6.07 Å². The molecular formula is C21H21FN4O5. The Balaban J connectivity index is 2.30. The number of carbonyl (C=O) groups excluding carboxylic acids is 4. The van der Waals surface area contributed by atoms with Crippen molar-refractivity contribution in [3.63, 3.8) is 0 Å². The van der Waals surface area contributed by atoms with Crippen molar-refractivity contribution in [3.8, 4) is 6.07 Å². The first-order chi connectivity index (χ1) is 14.5. The van der Waals surface area contributed by atoms with Gasteiger partial charge in [0.2, 0.25) is 0 Å². The van der Waals surface area contributed by atoms with Crippen LogP contribution in [0.25, 0.3) is 0 Å². The third kappa shape index (κ3) is 4.78. The van der Waals surface area contributed by atoms with Crippen LogP contribution in [0.5, 0.6) is 0 Å². The molecule has 9 nitrogen and oxygen atoms in total. The molecule has 0 radical (unpaired) electrons. The quantitative estimate of drug-likeness (QED) is 0.427. The van der Waals surface area contributed by atoms with E-state index in [2.05, 4.69) is 10.2 Å². The Morgan fingerprint density at radius 3 is 2.42 bits per heavy atom. The van der Waals surface area contributed by atoms with Crippen molar-refractivity contribution in [2.24, 2.45) is 13.0 Å². The Hall–Kier alpha value is -4.00. The van der Waals surface area contributed by atoms with Gasteiger partial charge in [-0.25, -0.2) is 9.18 Å². The summed E-state index contributed by atoms with van der Waals surface area (Å²) in [5.41, 5.74) is 2.48. The predicted octanol–water partition coefficient (Wildman–Crippen LogP) is 2.32. The number of nitriles is 1. The SMILES string of the molecule is Cc1c(C(=O)Nc2ccc(F)c(C#N)c2)c(C)n(C)c1C(=O)C(=O)NOC(=O)C(C)C. The number of nitrogens with one attached hydrogen (secondary N) is 2. The number of halogens is 1. The zero-order valence-corrected chi connectivity index (χ0v) is 17.6. The summed E-state index contributed by atoms with van der Waals surface area (Å²) in [7, 11) is 1.51. The lowest BCUT2D eigenvalue weighted by atomic mass is 10.1. The maximum absolute atomic E-state index is 13.5. The Morgan fingerprint density at radius 2 is 1.84 bits per heavy atom. The third-order valence-electron chi connectivity index (χ3n) is 4.64. The number of hydrogen-bond acceptors (Lipinski definition) is 6. The van der Waals surface area contributed by atoms with Crippen LogP contribution in [0.2, 0.25) is 0 Å². The first-order valence-electron chi connectivity index (χ1n) is 9.21. The standard InChI is InChI=1S/C21H21FN4O5/c1-10(2)21(30)31-25-20(29)18(27)17-11(3)16(12(4)26(17)5)19(28)24-14-6-7-15(22)13(8-14)9-23/h6-8,10H,1-5H3,(H,24,28)(H,25,29). The van der Waals surface area contributed by atoms with Gasteiger partial charge in [-0.3, -0.25) is 14.4 Å². The molecule has 10 heteroatoms. The second-order valence-corrected chi connectivity index (χ2v) is 7.09. The molecule has 1 aromatic carbocycles. The number of ketones is 1. The van der Waals surface area contributed by atoms with Crippen molar-refractivity contribution >= 4 is 29.3 Å². The molecule has 2 aromatic rings. The zero-order valence-electron chi connectivity index (χ0n) is 17.6. The molecule has 0 atom stereocenters. The van der Waals surface area contributed by atoms with Crippen LogP contribution in [0, 0.1) is 36.9 Å². The van der Waals surface area contributed by atoms with Crippen molar-refractivity contribution in [2.45, 2.75) is 27.7 Å². The van der Waals surface area contributed by atoms with Gasteiger partial charge in [-0.15, -0.1) is 0 Å². The summed E-state index contributed by atoms with van der Waals surface area (Å²) < 4.78 is 14.9. The molecular weight excluding hydrogens is 407 g/mol. The molecule has 162 valence electrons. The van der Waals surface area contributed by atoms with Crippen LogP contribution in [0.15, 0.2) is 18.2 Å². The lowest BCUT2D eigenvalue weighted by molar-refractivity contribution is -0.159.